The van der Waals surface area contributed by atoms with Crippen LogP contribution in [0.4, 0.5) is 0 Å². The van der Waals surface area contributed by atoms with Gasteiger partial charge in [0.05, 0.1) is 0 Å². The second-order valence-corrected chi connectivity index (χ2v) is 6.29. The van der Waals surface area contributed by atoms with Crippen molar-refractivity contribution in [3.8, 4) is 0 Å². The summed E-state index contributed by atoms with van der Waals surface area (Å²) in [5, 5.41) is 3.60. The zero-order valence-corrected chi connectivity index (χ0v) is 11.3. The standard InChI is InChI=1S/C14H28N2/c1-4-15-12-8-10-16(11-12)13-7-5-6-9-14(13,2)3/h12-13,15H,4-11H2,1-3H3. The maximum absolute atomic E-state index is 3.60. The molecular formula is C14H28N2. The molecule has 94 valence electrons. The van der Waals surface area contributed by atoms with Crippen LogP contribution in [0.15, 0.2) is 0 Å². The number of likely N-dealkylation sites (N-methyl/N-ethyl adjacent to an activating group) is 1. The smallest absolute Gasteiger partial charge is 0.0207 e. The molecule has 0 aromatic carbocycles. The van der Waals surface area contributed by atoms with E-state index in [9.17, 15) is 0 Å². The quantitative estimate of drug-likeness (QED) is 0.793. The largest absolute Gasteiger partial charge is 0.313 e. The van der Waals surface area contributed by atoms with E-state index in [4.69, 9.17) is 0 Å². The van der Waals surface area contributed by atoms with Gasteiger partial charge in [0.25, 0.3) is 0 Å². The van der Waals surface area contributed by atoms with E-state index in [0.29, 0.717) is 5.41 Å². The fourth-order valence-corrected chi connectivity index (χ4v) is 3.68. The maximum atomic E-state index is 3.60. The molecule has 2 rings (SSSR count). The highest BCUT2D eigenvalue weighted by Gasteiger charge is 2.38. The molecule has 1 saturated heterocycles. The molecule has 0 aromatic rings. The molecule has 2 heteroatoms. The molecule has 0 amide bonds. The minimum Gasteiger partial charge on any atom is -0.313 e. The molecule has 1 aliphatic heterocycles. The zero-order chi connectivity index (χ0) is 11.6. The summed E-state index contributed by atoms with van der Waals surface area (Å²) in [6.07, 6.45) is 7.07. The Bertz CT molecular complexity index is 225. The van der Waals surface area contributed by atoms with Gasteiger partial charge in [0.1, 0.15) is 0 Å². The van der Waals surface area contributed by atoms with Gasteiger partial charge in [-0.15, -0.1) is 0 Å². The van der Waals surface area contributed by atoms with E-state index >= 15 is 0 Å². The van der Waals surface area contributed by atoms with Crippen molar-refractivity contribution in [2.24, 2.45) is 5.41 Å². The Labute approximate surface area is 101 Å². The predicted molar refractivity (Wildman–Crippen MR) is 69.7 cm³/mol. The lowest BCUT2D eigenvalue weighted by atomic mass is 9.72. The van der Waals surface area contributed by atoms with Crippen molar-refractivity contribution in [1.82, 2.24) is 10.2 Å². The molecule has 0 spiro atoms. The van der Waals surface area contributed by atoms with Crippen molar-refractivity contribution in [2.75, 3.05) is 19.6 Å². The summed E-state index contributed by atoms with van der Waals surface area (Å²) in [6, 6.07) is 1.59. The molecule has 1 heterocycles. The Kier molecular flexibility index (Phi) is 3.91. The van der Waals surface area contributed by atoms with Crippen molar-refractivity contribution in [2.45, 2.75) is 65.0 Å². The van der Waals surface area contributed by atoms with Crippen LogP contribution in [-0.2, 0) is 0 Å². The van der Waals surface area contributed by atoms with Crippen molar-refractivity contribution in [3.63, 3.8) is 0 Å². The SMILES string of the molecule is CCNC1CCN(C2CCCCC2(C)C)C1. The molecule has 16 heavy (non-hydrogen) atoms. The van der Waals surface area contributed by atoms with E-state index in [2.05, 4.69) is 31.0 Å². The lowest BCUT2D eigenvalue weighted by Crippen LogP contribution is -2.47. The third-order valence-electron chi connectivity index (χ3n) is 4.60. The molecule has 2 aliphatic rings. The summed E-state index contributed by atoms with van der Waals surface area (Å²) in [5.74, 6) is 0. The normalized spacial score (nSPS) is 35.4. The number of nitrogens with zero attached hydrogens (tertiary/aromatic N) is 1. The van der Waals surface area contributed by atoms with Gasteiger partial charge < -0.3 is 5.32 Å². The van der Waals surface area contributed by atoms with E-state index in [1.54, 1.807) is 0 Å². The van der Waals surface area contributed by atoms with E-state index in [1.807, 2.05) is 0 Å². The highest BCUT2D eigenvalue weighted by Crippen LogP contribution is 2.39. The lowest BCUT2D eigenvalue weighted by Gasteiger charge is -2.44. The molecule has 0 bridgehead atoms. The Balaban J connectivity index is 1.92. The molecule has 0 aromatic heterocycles. The molecule has 2 unspecified atom stereocenters. The van der Waals surface area contributed by atoms with E-state index in [1.165, 1.54) is 45.2 Å². The first-order valence-corrected chi connectivity index (χ1v) is 7.11. The molecule has 0 radical (unpaired) electrons. The van der Waals surface area contributed by atoms with Gasteiger partial charge in [-0.25, -0.2) is 0 Å². The first-order valence-electron chi connectivity index (χ1n) is 7.11. The molecule has 2 nitrogen and oxygen atoms in total. The Morgan fingerprint density at radius 1 is 1.25 bits per heavy atom. The monoisotopic (exact) mass is 224 g/mol. The predicted octanol–water partition coefficient (Wildman–Crippen LogP) is 2.64. The minimum atomic E-state index is 0.541. The lowest BCUT2D eigenvalue weighted by molar-refractivity contribution is 0.0650. The third kappa shape index (κ3) is 2.60. The van der Waals surface area contributed by atoms with Crippen LogP contribution in [0.1, 0.15) is 52.9 Å². The zero-order valence-electron chi connectivity index (χ0n) is 11.3. The highest BCUT2D eigenvalue weighted by atomic mass is 15.2. The van der Waals surface area contributed by atoms with Gasteiger partial charge in [0.15, 0.2) is 0 Å². The van der Waals surface area contributed by atoms with Crippen LogP contribution in [0.3, 0.4) is 0 Å². The van der Waals surface area contributed by atoms with Crippen LogP contribution >= 0.6 is 0 Å². The summed E-state index contributed by atoms with van der Waals surface area (Å²) in [6.45, 7) is 10.9. The fourth-order valence-electron chi connectivity index (χ4n) is 3.68. The van der Waals surface area contributed by atoms with Gasteiger partial charge in [-0.1, -0.05) is 33.6 Å². The second kappa shape index (κ2) is 5.05. The molecule has 1 N–H and O–H groups in total. The summed E-state index contributed by atoms with van der Waals surface area (Å²) in [4.78, 5) is 2.76. The Morgan fingerprint density at radius 3 is 2.75 bits per heavy atom. The first kappa shape index (κ1) is 12.4. The molecule has 1 saturated carbocycles. The molecule has 2 atom stereocenters. The van der Waals surface area contributed by atoms with Gasteiger partial charge >= 0.3 is 0 Å². The summed E-state index contributed by atoms with van der Waals surface area (Å²) >= 11 is 0. The Morgan fingerprint density at radius 2 is 2.06 bits per heavy atom. The third-order valence-corrected chi connectivity index (χ3v) is 4.60. The van der Waals surface area contributed by atoms with Gasteiger partial charge in [-0.2, -0.15) is 0 Å². The van der Waals surface area contributed by atoms with Gasteiger partial charge in [-0.05, 0) is 31.2 Å². The summed E-state index contributed by atoms with van der Waals surface area (Å²) < 4.78 is 0. The van der Waals surface area contributed by atoms with Crippen LogP contribution < -0.4 is 5.32 Å². The van der Waals surface area contributed by atoms with Crippen LogP contribution in [0.25, 0.3) is 0 Å². The van der Waals surface area contributed by atoms with Crippen molar-refractivity contribution in [3.05, 3.63) is 0 Å². The average molecular weight is 224 g/mol. The molecule has 2 fully saturated rings. The summed E-state index contributed by atoms with van der Waals surface area (Å²) in [5.41, 5.74) is 0.541. The molecular weight excluding hydrogens is 196 g/mol. The Hall–Kier alpha value is -0.0800. The maximum Gasteiger partial charge on any atom is 0.0207 e. The van der Waals surface area contributed by atoms with Crippen LogP contribution in [0, 0.1) is 5.41 Å². The number of likely N-dealkylation sites (tertiary alicyclic amines) is 1. The topological polar surface area (TPSA) is 15.3 Å². The van der Waals surface area contributed by atoms with Crippen molar-refractivity contribution in [1.29, 1.82) is 0 Å². The minimum absolute atomic E-state index is 0.541. The first-order chi connectivity index (χ1) is 7.63. The number of hydrogen-bond acceptors (Lipinski definition) is 2. The van der Waals surface area contributed by atoms with Gasteiger partial charge in [-0.3, -0.25) is 4.90 Å². The van der Waals surface area contributed by atoms with Crippen molar-refractivity contribution >= 4 is 0 Å². The average Bonchev–Trinajstić information content (AvgIpc) is 2.66. The number of rotatable bonds is 3. The van der Waals surface area contributed by atoms with Crippen LogP contribution in [0.2, 0.25) is 0 Å². The molecule has 1 aliphatic carbocycles. The van der Waals surface area contributed by atoms with Crippen molar-refractivity contribution < 1.29 is 0 Å². The number of hydrogen-bond donors (Lipinski definition) is 1. The van der Waals surface area contributed by atoms with E-state index in [-0.39, 0.29) is 0 Å². The number of nitrogens with one attached hydrogen (secondary N) is 1. The van der Waals surface area contributed by atoms with E-state index < -0.39 is 0 Å². The second-order valence-electron chi connectivity index (χ2n) is 6.29. The summed E-state index contributed by atoms with van der Waals surface area (Å²) in [7, 11) is 0. The van der Waals surface area contributed by atoms with Gasteiger partial charge in [0, 0.05) is 25.2 Å². The fraction of sp³-hybridized carbons (Fsp3) is 1.00. The highest BCUT2D eigenvalue weighted by molar-refractivity contribution is 4.94. The van der Waals surface area contributed by atoms with Crippen LogP contribution in [0.5, 0.6) is 0 Å². The van der Waals surface area contributed by atoms with Crippen LogP contribution in [-0.4, -0.2) is 36.6 Å². The van der Waals surface area contributed by atoms with E-state index in [0.717, 1.165) is 18.6 Å². The van der Waals surface area contributed by atoms with Gasteiger partial charge in [0.2, 0.25) is 0 Å².